The molecule has 0 aliphatic heterocycles. The maximum Gasteiger partial charge on any atom is 0.282 e. The largest absolute Gasteiger partial charge is 0.314 e. The Balaban J connectivity index is 2.65. The van der Waals surface area contributed by atoms with E-state index in [1.54, 1.807) is 25.1 Å². The van der Waals surface area contributed by atoms with E-state index in [0.29, 0.717) is 17.1 Å². The number of para-hydroxylation sites is 1. The first-order valence-electron chi connectivity index (χ1n) is 5.02. The minimum atomic E-state index is -0.878. The second-order valence-corrected chi connectivity index (χ2v) is 4.99. The summed E-state index contributed by atoms with van der Waals surface area (Å²) in [6.45, 7) is 1.65. The molecule has 0 bridgehead atoms. The van der Waals surface area contributed by atoms with Crippen molar-refractivity contribution in [3.63, 3.8) is 0 Å². The van der Waals surface area contributed by atoms with E-state index in [2.05, 4.69) is 0 Å². The molecule has 0 aliphatic carbocycles. The number of nitrogens with two attached hydrogens (primary N) is 1. The van der Waals surface area contributed by atoms with Gasteiger partial charge in [0.2, 0.25) is 0 Å². The number of nitro benzene ring substituents is 1. The van der Waals surface area contributed by atoms with Crippen LogP contribution < -0.4 is 5.73 Å². The molecule has 0 heterocycles. The van der Waals surface area contributed by atoms with Crippen molar-refractivity contribution >= 4 is 17.4 Å². The molecular weight excluding hydrogens is 238 g/mol. The van der Waals surface area contributed by atoms with Crippen LogP contribution in [0.25, 0.3) is 0 Å². The SMILES string of the molecule is CC(N)(C#N)CCSc1ccccc1[N+](=O)[O-]. The zero-order valence-corrected chi connectivity index (χ0v) is 10.2. The summed E-state index contributed by atoms with van der Waals surface area (Å²) in [5.41, 5.74) is 4.88. The Morgan fingerprint density at radius 1 is 1.59 bits per heavy atom. The molecule has 90 valence electrons. The van der Waals surface area contributed by atoms with Crippen LogP contribution in [0.5, 0.6) is 0 Å². The second kappa shape index (κ2) is 5.66. The molecule has 0 saturated heterocycles. The van der Waals surface area contributed by atoms with E-state index in [1.165, 1.54) is 17.8 Å². The van der Waals surface area contributed by atoms with Crippen molar-refractivity contribution in [3.05, 3.63) is 34.4 Å². The molecule has 0 fully saturated rings. The molecule has 0 aromatic heterocycles. The van der Waals surface area contributed by atoms with Crippen LogP contribution >= 0.6 is 11.8 Å². The molecule has 1 rings (SSSR count). The molecular formula is C11H13N3O2S. The maximum absolute atomic E-state index is 10.8. The summed E-state index contributed by atoms with van der Waals surface area (Å²) in [7, 11) is 0. The fraction of sp³-hybridized carbons (Fsp3) is 0.364. The van der Waals surface area contributed by atoms with Gasteiger partial charge >= 0.3 is 0 Å². The van der Waals surface area contributed by atoms with Crippen LogP contribution in [0, 0.1) is 21.4 Å². The maximum atomic E-state index is 10.8. The number of nitriles is 1. The normalized spacial score (nSPS) is 13.7. The van der Waals surface area contributed by atoms with E-state index in [4.69, 9.17) is 11.0 Å². The molecule has 1 unspecified atom stereocenters. The fourth-order valence-corrected chi connectivity index (χ4v) is 2.37. The Kier molecular flexibility index (Phi) is 4.49. The highest BCUT2D eigenvalue weighted by Crippen LogP contribution is 2.29. The van der Waals surface area contributed by atoms with Crippen LogP contribution in [0.2, 0.25) is 0 Å². The molecule has 1 aromatic rings. The van der Waals surface area contributed by atoms with E-state index in [-0.39, 0.29) is 5.69 Å². The third-order valence-electron chi connectivity index (χ3n) is 2.20. The summed E-state index contributed by atoms with van der Waals surface area (Å²) in [4.78, 5) is 10.9. The molecule has 2 N–H and O–H groups in total. The van der Waals surface area contributed by atoms with Crippen molar-refractivity contribution in [3.8, 4) is 6.07 Å². The lowest BCUT2D eigenvalue weighted by atomic mass is 10.0. The number of nitro groups is 1. The molecule has 0 spiro atoms. The van der Waals surface area contributed by atoms with Crippen molar-refractivity contribution < 1.29 is 4.92 Å². The van der Waals surface area contributed by atoms with E-state index in [9.17, 15) is 10.1 Å². The van der Waals surface area contributed by atoms with Gasteiger partial charge in [0.15, 0.2) is 0 Å². The van der Waals surface area contributed by atoms with Gasteiger partial charge in [-0.3, -0.25) is 10.1 Å². The van der Waals surface area contributed by atoms with Gasteiger partial charge in [-0.25, -0.2) is 0 Å². The average Bonchev–Trinajstić information content (AvgIpc) is 2.29. The predicted molar refractivity (Wildman–Crippen MR) is 66.6 cm³/mol. The number of hydrogen-bond donors (Lipinski definition) is 1. The van der Waals surface area contributed by atoms with E-state index < -0.39 is 10.5 Å². The van der Waals surface area contributed by atoms with Gasteiger partial charge in [-0.2, -0.15) is 5.26 Å². The highest BCUT2D eigenvalue weighted by Gasteiger charge is 2.18. The van der Waals surface area contributed by atoms with Crippen LogP contribution in [-0.2, 0) is 0 Å². The highest BCUT2D eigenvalue weighted by atomic mass is 32.2. The second-order valence-electron chi connectivity index (χ2n) is 3.85. The number of nitrogens with zero attached hydrogens (tertiary/aromatic N) is 2. The first-order valence-corrected chi connectivity index (χ1v) is 6.01. The van der Waals surface area contributed by atoms with Crippen LogP contribution in [0.4, 0.5) is 5.69 Å². The van der Waals surface area contributed by atoms with Gasteiger partial charge in [-0.05, 0) is 19.4 Å². The lowest BCUT2D eigenvalue weighted by Gasteiger charge is -2.14. The van der Waals surface area contributed by atoms with Crippen molar-refractivity contribution in [2.24, 2.45) is 5.73 Å². The van der Waals surface area contributed by atoms with Crippen molar-refractivity contribution in [1.29, 1.82) is 5.26 Å². The quantitative estimate of drug-likeness (QED) is 0.492. The molecule has 17 heavy (non-hydrogen) atoms. The number of hydrogen-bond acceptors (Lipinski definition) is 5. The van der Waals surface area contributed by atoms with Crippen LogP contribution in [0.3, 0.4) is 0 Å². The zero-order valence-electron chi connectivity index (χ0n) is 9.42. The Bertz CT molecular complexity index is 454. The van der Waals surface area contributed by atoms with Gasteiger partial charge in [0, 0.05) is 11.8 Å². The van der Waals surface area contributed by atoms with E-state index in [1.807, 2.05) is 6.07 Å². The van der Waals surface area contributed by atoms with Crippen molar-refractivity contribution in [2.45, 2.75) is 23.8 Å². The van der Waals surface area contributed by atoms with E-state index in [0.717, 1.165) is 0 Å². The molecule has 0 aliphatic rings. The highest BCUT2D eigenvalue weighted by molar-refractivity contribution is 7.99. The predicted octanol–water partition coefficient (Wildman–Crippen LogP) is 2.32. The lowest BCUT2D eigenvalue weighted by molar-refractivity contribution is -0.387. The van der Waals surface area contributed by atoms with Crippen molar-refractivity contribution in [1.82, 2.24) is 0 Å². The van der Waals surface area contributed by atoms with Gasteiger partial charge in [0.25, 0.3) is 5.69 Å². The molecule has 0 amide bonds. The minimum absolute atomic E-state index is 0.0909. The standard InChI is InChI=1S/C11H13N3O2S/c1-11(13,8-12)6-7-17-10-5-3-2-4-9(10)14(15)16/h2-5H,6-7,13H2,1H3. The van der Waals surface area contributed by atoms with E-state index >= 15 is 0 Å². The van der Waals surface area contributed by atoms with Gasteiger partial charge in [-0.1, -0.05) is 12.1 Å². The first-order chi connectivity index (χ1) is 7.96. The molecule has 1 atom stereocenters. The minimum Gasteiger partial charge on any atom is -0.314 e. The molecule has 0 saturated carbocycles. The summed E-state index contributed by atoms with van der Waals surface area (Å²) in [6, 6.07) is 8.54. The number of benzene rings is 1. The summed E-state index contributed by atoms with van der Waals surface area (Å²) in [6.07, 6.45) is 0.486. The van der Waals surface area contributed by atoms with Gasteiger partial charge in [0.05, 0.1) is 15.9 Å². The summed E-state index contributed by atoms with van der Waals surface area (Å²) in [5.74, 6) is 0.575. The molecule has 5 nitrogen and oxygen atoms in total. The third-order valence-corrected chi connectivity index (χ3v) is 3.26. The lowest BCUT2D eigenvalue weighted by Crippen LogP contribution is -2.34. The van der Waals surface area contributed by atoms with Crippen LogP contribution in [-0.4, -0.2) is 16.2 Å². The summed E-state index contributed by atoms with van der Waals surface area (Å²) in [5, 5.41) is 19.5. The monoisotopic (exact) mass is 251 g/mol. The first kappa shape index (κ1) is 13.5. The van der Waals surface area contributed by atoms with Gasteiger partial charge in [0.1, 0.15) is 5.54 Å². The number of thioether (sulfide) groups is 1. The number of rotatable bonds is 5. The van der Waals surface area contributed by atoms with Gasteiger partial charge < -0.3 is 5.73 Å². The Labute approximate surface area is 104 Å². The molecule has 1 aromatic carbocycles. The van der Waals surface area contributed by atoms with Crippen LogP contribution in [0.1, 0.15) is 13.3 Å². The smallest absolute Gasteiger partial charge is 0.282 e. The molecule has 0 radical (unpaired) electrons. The van der Waals surface area contributed by atoms with Crippen molar-refractivity contribution in [2.75, 3.05) is 5.75 Å². The topological polar surface area (TPSA) is 93.0 Å². The third kappa shape index (κ3) is 4.06. The Morgan fingerprint density at radius 2 is 2.24 bits per heavy atom. The Morgan fingerprint density at radius 3 is 2.82 bits per heavy atom. The molecule has 6 heteroatoms. The van der Waals surface area contributed by atoms with Gasteiger partial charge in [-0.15, -0.1) is 11.8 Å². The summed E-state index contributed by atoms with van der Waals surface area (Å²) < 4.78 is 0. The summed E-state index contributed by atoms with van der Waals surface area (Å²) >= 11 is 1.34. The average molecular weight is 251 g/mol. The van der Waals surface area contributed by atoms with Crippen LogP contribution in [0.15, 0.2) is 29.2 Å². The zero-order chi connectivity index (χ0) is 12.9. The Hall–Kier alpha value is -1.58. The fourth-order valence-electron chi connectivity index (χ4n) is 1.16.